The molecule has 5 heteroatoms. The molecule has 0 fully saturated rings. The van der Waals surface area contributed by atoms with Crippen molar-refractivity contribution < 1.29 is 9.90 Å². The maximum Gasteiger partial charge on any atom is 0.355 e. The highest BCUT2D eigenvalue weighted by Crippen LogP contribution is 2.25. The van der Waals surface area contributed by atoms with Crippen LogP contribution in [0.5, 0.6) is 0 Å². The average Bonchev–Trinajstić information content (AvgIpc) is 2.76. The van der Waals surface area contributed by atoms with E-state index >= 15 is 0 Å². The van der Waals surface area contributed by atoms with Gasteiger partial charge in [-0.15, -0.1) is 11.3 Å². The molecule has 0 aliphatic rings. The summed E-state index contributed by atoms with van der Waals surface area (Å²) in [6.07, 6.45) is 0. The molecule has 1 heterocycles. The Hall–Kier alpha value is -1.33. The molecule has 0 saturated heterocycles. The number of hydrogen-bond acceptors (Lipinski definition) is 4. The van der Waals surface area contributed by atoms with E-state index < -0.39 is 5.97 Å². The van der Waals surface area contributed by atoms with Crippen molar-refractivity contribution in [3.05, 3.63) is 47.0 Å². The minimum Gasteiger partial charge on any atom is -0.476 e. The highest BCUT2D eigenvalue weighted by atomic mass is 32.2. The van der Waals surface area contributed by atoms with Crippen LogP contribution in [0.4, 0.5) is 0 Å². The molecule has 0 unspecified atom stereocenters. The molecule has 1 N–H and O–H groups in total. The molecule has 1 aromatic carbocycles. The fourth-order valence-electron chi connectivity index (χ4n) is 1.14. The summed E-state index contributed by atoms with van der Waals surface area (Å²) in [4.78, 5) is 14.6. The summed E-state index contributed by atoms with van der Waals surface area (Å²) in [5.41, 5.74) is 1.33. The Kier molecular flexibility index (Phi) is 3.58. The van der Waals surface area contributed by atoms with Crippen LogP contribution in [0.25, 0.3) is 0 Å². The van der Waals surface area contributed by atoms with Crippen molar-refractivity contribution >= 4 is 29.1 Å². The first-order valence-electron chi connectivity index (χ1n) is 4.61. The first-order valence-corrected chi connectivity index (χ1v) is 6.48. The monoisotopic (exact) mass is 251 g/mol. The van der Waals surface area contributed by atoms with E-state index in [1.807, 2.05) is 30.3 Å². The lowest BCUT2D eigenvalue weighted by atomic mass is 10.2. The molecular formula is C11H9NO2S2. The third-order valence-corrected chi connectivity index (χ3v) is 4.00. The summed E-state index contributed by atoms with van der Waals surface area (Å²) in [6, 6.07) is 10.0. The third kappa shape index (κ3) is 2.84. The van der Waals surface area contributed by atoms with Gasteiger partial charge in [-0.05, 0) is 5.56 Å². The molecule has 0 aliphatic heterocycles. The number of rotatable bonds is 4. The second-order valence-electron chi connectivity index (χ2n) is 3.08. The zero-order chi connectivity index (χ0) is 11.4. The molecule has 2 rings (SSSR count). The van der Waals surface area contributed by atoms with Crippen molar-refractivity contribution in [2.75, 3.05) is 0 Å². The second-order valence-corrected chi connectivity index (χ2v) is 5.16. The van der Waals surface area contributed by atoms with Gasteiger partial charge in [0.05, 0.1) is 0 Å². The molecule has 0 amide bonds. The van der Waals surface area contributed by atoms with Gasteiger partial charge in [0.2, 0.25) is 0 Å². The maximum absolute atomic E-state index is 10.6. The Morgan fingerprint density at radius 1 is 1.38 bits per heavy atom. The van der Waals surface area contributed by atoms with E-state index in [-0.39, 0.29) is 5.69 Å². The fourth-order valence-corrected chi connectivity index (χ4v) is 2.90. The molecule has 0 aliphatic carbocycles. The van der Waals surface area contributed by atoms with Crippen LogP contribution in [0.2, 0.25) is 0 Å². The minimum absolute atomic E-state index is 0.126. The van der Waals surface area contributed by atoms with Gasteiger partial charge in [0.1, 0.15) is 0 Å². The molecule has 16 heavy (non-hydrogen) atoms. The van der Waals surface area contributed by atoms with E-state index in [4.69, 9.17) is 5.11 Å². The SMILES string of the molecule is O=C(O)c1csc(SCc2ccccc2)n1. The van der Waals surface area contributed by atoms with Crippen LogP contribution >= 0.6 is 23.1 Å². The van der Waals surface area contributed by atoms with Gasteiger partial charge in [-0.25, -0.2) is 9.78 Å². The number of aromatic nitrogens is 1. The van der Waals surface area contributed by atoms with Crippen LogP contribution in [-0.2, 0) is 5.75 Å². The summed E-state index contributed by atoms with van der Waals surface area (Å²) in [7, 11) is 0. The molecule has 82 valence electrons. The topological polar surface area (TPSA) is 50.2 Å². The van der Waals surface area contributed by atoms with Gasteiger partial charge in [0.15, 0.2) is 10.0 Å². The van der Waals surface area contributed by atoms with Crippen molar-refractivity contribution in [1.29, 1.82) is 0 Å². The first-order chi connectivity index (χ1) is 7.75. The van der Waals surface area contributed by atoms with Gasteiger partial charge in [-0.1, -0.05) is 42.1 Å². The van der Waals surface area contributed by atoms with Gasteiger partial charge < -0.3 is 5.11 Å². The molecule has 2 aromatic rings. The number of thioether (sulfide) groups is 1. The average molecular weight is 251 g/mol. The van der Waals surface area contributed by atoms with Crippen LogP contribution < -0.4 is 0 Å². The molecule has 1 aromatic heterocycles. The number of nitrogens with zero attached hydrogens (tertiary/aromatic N) is 1. The summed E-state index contributed by atoms with van der Waals surface area (Å²) in [5.74, 6) is -0.157. The summed E-state index contributed by atoms with van der Waals surface area (Å²) in [5, 5.41) is 10.3. The fraction of sp³-hybridized carbons (Fsp3) is 0.0909. The number of carboxylic acid groups (broad SMARTS) is 1. The highest BCUT2D eigenvalue weighted by Gasteiger charge is 2.08. The van der Waals surface area contributed by atoms with Crippen LogP contribution in [-0.4, -0.2) is 16.1 Å². The molecule has 3 nitrogen and oxygen atoms in total. The lowest BCUT2D eigenvalue weighted by Crippen LogP contribution is -1.95. The largest absolute Gasteiger partial charge is 0.476 e. The second kappa shape index (κ2) is 5.14. The van der Waals surface area contributed by atoms with Crippen molar-refractivity contribution in [2.24, 2.45) is 0 Å². The predicted molar refractivity (Wildman–Crippen MR) is 65.1 cm³/mol. The number of benzene rings is 1. The van der Waals surface area contributed by atoms with E-state index in [1.165, 1.54) is 16.9 Å². The van der Waals surface area contributed by atoms with Crippen LogP contribution in [0.15, 0.2) is 40.1 Å². The normalized spacial score (nSPS) is 10.2. The molecule has 0 spiro atoms. The number of carboxylic acids is 1. The Balaban J connectivity index is 1.97. The standard InChI is InChI=1S/C11H9NO2S2/c13-10(14)9-7-16-11(12-9)15-6-8-4-2-1-3-5-8/h1-5,7H,6H2,(H,13,14). The van der Waals surface area contributed by atoms with Gasteiger partial charge in [0, 0.05) is 11.1 Å². The Morgan fingerprint density at radius 2 is 2.12 bits per heavy atom. The molecule has 0 bridgehead atoms. The Morgan fingerprint density at radius 3 is 2.75 bits per heavy atom. The molecule has 0 saturated carbocycles. The van der Waals surface area contributed by atoms with Crippen LogP contribution in [0.1, 0.15) is 16.1 Å². The smallest absolute Gasteiger partial charge is 0.355 e. The Bertz CT molecular complexity index is 482. The summed E-state index contributed by atoms with van der Waals surface area (Å²) >= 11 is 2.92. The number of aromatic carboxylic acids is 1. The third-order valence-electron chi connectivity index (χ3n) is 1.91. The maximum atomic E-state index is 10.6. The quantitative estimate of drug-likeness (QED) is 0.848. The summed E-state index contributed by atoms with van der Waals surface area (Å²) in [6.45, 7) is 0. The zero-order valence-electron chi connectivity index (χ0n) is 8.29. The van der Waals surface area contributed by atoms with Crippen LogP contribution in [0, 0.1) is 0 Å². The van der Waals surface area contributed by atoms with E-state index in [2.05, 4.69) is 4.98 Å². The number of thiazole rings is 1. The molecule has 0 radical (unpaired) electrons. The lowest BCUT2D eigenvalue weighted by Gasteiger charge is -1.97. The van der Waals surface area contributed by atoms with E-state index in [1.54, 1.807) is 17.1 Å². The van der Waals surface area contributed by atoms with E-state index in [0.29, 0.717) is 0 Å². The Labute approximate surface area is 101 Å². The first kappa shape index (κ1) is 11.2. The van der Waals surface area contributed by atoms with Crippen molar-refractivity contribution in [1.82, 2.24) is 4.98 Å². The lowest BCUT2D eigenvalue weighted by molar-refractivity contribution is 0.0691. The predicted octanol–water partition coefficient (Wildman–Crippen LogP) is 3.13. The van der Waals surface area contributed by atoms with Gasteiger partial charge in [-0.2, -0.15) is 0 Å². The van der Waals surface area contributed by atoms with Gasteiger partial charge in [-0.3, -0.25) is 0 Å². The van der Waals surface area contributed by atoms with E-state index in [9.17, 15) is 4.79 Å². The van der Waals surface area contributed by atoms with Crippen molar-refractivity contribution in [3.8, 4) is 0 Å². The summed E-state index contributed by atoms with van der Waals surface area (Å²) < 4.78 is 0.793. The number of carbonyl (C=O) groups is 1. The minimum atomic E-state index is -0.970. The van der Waals surface area contributed by atoms with Crippen molar-refractivity contribution in [2.45, 2.75) is 10.1 Å². The van der Waals surface area contributed by atoms with E-state index in [0.717, 1.165) is 10.1 Å². The van der Waals surface area contributed by atoms with Gasteiger partial charge >= 0.3 is 5.97 Å². The zero-order valence-corrected chi connectivity index (χ0v) is 9.92. The van der Waals surface area contributed by atoms with Crippen molar-refractivity contribution in [3.63, 3.8) is 0 Å². The number of hydrogen-bond donors (Lipinski definition) is 1. The highest BCUT2D eigenvalue weighted by molar-refractivity contribution is 8.00. The molecular weight excluding hydrogens is 242 g/mol. The molecule has 0 atom stereocenters. The van der Waals surface area contributed by atoms with Gasteiger partial charge in [0.25, 0.3) is 0 Å². The van der Waals surface area contributed by atoms with Crippen LogP contribution in [0.3, 0.4) is 0 Å².